The van der Waals surface area contributed by atoms with Crippen molar-refractivity contribution in [3.05, 3.63) is 0 Å². The van der Waals surface area contributed by atoms with Crippen LogP contribution in [0.25, 0.3) is 0 Å². The van der Waals surface area contributed by atoms with Gasteiger partial charge in [-0.3, -0.25) is 4.79 Å². The molecule has 0 aliphatic heterocycles. The first-order valence-electron chi connectivity index (χ1n) is 7.08. The highest BCUT2D eigenvalue weighted by Crippen LogP contribution is 2.29. The van der Waals surface area contributed by atoms with Crippen LogP contribution < -0.4 is 10.6 Å². The van der Waals surface area contributed by atoms with Crippen LogP contribution in [0.2, 0.25) is 0 Å². The Morgan fingerprint density at radius 3 is 2.24 bits per heavy atom. The van der Waals surface area contributed by atoms with Gasteiger partial charge in [0.1, 0.15) is 0 Å². The molecule has 1 saturated carbocycles. The molecule has 0 aromatic rings. The molecule has 1 atom stereocenters. The van der Waals surface area contributed by atoms with Crippen molar-refractivity contribution in [1.29, 1.82) is 0 Å². The highest BCUT2D eigenvalue weighted by molar-refractivity contribution is 5.81. The lowest BCUT2D eigenvalue weighted by atomic mass is 9.79. The third-order valence-electron chi connectivity index (χ3n) is 3.94. The topological polar surface area (TPSA) is 41.1 Å². The number of rotatable bonds is 5. The number of likely N-dealkylation sites (N-methyl/N-ethyl adjacent to an activating group) is 1. The average molecular weight is 240 g/mol. The first kappa shape index (κ1) is 14.5. The lowest BCUT2D eigenvalue weighted by Crippen LogP contribution is -2.47. The van der Waals surface area contributed by atoms with Gasteiger partial charge in [0.15, 0.2) is 0 Å². The van der Waals surface area contributed by atoms with E-state index in [9.17, 15) is 4.79 Å². The number of hydrogen-bond acceptors (Lipinski definition) is 2. The maximum atomic E-state index is 11.6. The fraction of sp³-hybridized carbons (Fsp3) is 0.929. The Morgan fingerprint density at radius 2 is 1.76 bits per heavy atom. The van der Waals surface area contributed by atoms with Crippen LogP contribution >= 0.6 is 0 Å². The molecule has 3 nitrogen and oxygen atoms in total. The molecule has 1 rings (SSSR count). The molecule has 1 unspecified atom stereocenters. The minimum Gasteiger partial charge on any atom is -0.355 e. The minimum absolute atomic E-state index is 0.0597. The molecule has 100 valence electrons. The molecule has 1 aliphatic carbocycles. The molecule has 0 aromatic carbocycles. The quantitative estimate of drug-likeness (QED) is 0.774. The van der Waals surface area contributed by atoms with E-state index in [1.54, 1.807) is 0 Å². The van der Waals surface area contributed by atoms with E-state index in [0.29, 0.717) is 12.6 Å². The first-order chi connectivity index (χ1) is 8.04. The molecule has 1 amide bonds. The van der Waals surface area contributed by atoms with E-state index in [2.05, 4.69) is 24.5 Å². The predicted octanol–water partition coefficient (Wildman–Crippen LogP) is 2.32. The van der Waals surface area contributed by atoms with Crippen LogP contribution in [0.5, 0.6) is 0 Å². The monoisotopic (exact) mass is 240 g/mol. The largest absolute Gasteiger partial charge is 0.355 e. The third-order valence-corrected chi connectivity index (χ3v) is 3.94. The number of carbonyl (C=O) groups is 1. The van der Waals surface area contributed by atoms with Crippen LogP contribution in [0.3, 0.4) is 0 Å². The van der Waals surface area contributed by atoms with E-state index in [-0.39, 0.29) is 11.9 Å². The molecule has 0 heterocycles. The van der Waals surface area contributed by atoms with Gasteiger partial charge in [-0.15, -0.1) is 0 Å². The second-order valence-electron chi connectivity index (χ2n) is 5.64. The van der Waals surface area contributed by atoms with E-state index in [0.717, 1.165) is 11.8 Å². The van der Waals surface area contributed by atoms with Crippen LogP contribution in [0, 0.1) is 11.8 Å². The summed E-state index contributed by atoms with van der Waals surface area (Å²) in [4.78, 5) is 11.6. The van der Waals surface area contributed by atoms with Crippen molar-refractivity contribution in [2.45, 2.75) is 65.5 Å². The molecular weight excluding hydrogens is 212 g/mol. The van der Waals surface area contributed by atoms with Crippen LogP contribution in [-0.2, 0) is 4.79 Å². The summed E-state index contributed by atoms with van der Waals surface area (Å²) in [6.45, 7) is 9.26. The zero-order chi connectivity index (χ0) is 12.8. The molecule has 1 aliphatic rings. The van der Waals surface area contributed by atoms with Gasteiger partial charge >= 0.3 is 0 Å². The third kappa shape index (κ3) is 4.66. The van der Waals surface area contributed by atoms with Crippen molar-refractivity contribution in [3.8, 4) is 0 Å². The van der Waals surface area contributed by atoms with E-state index in [1.807, 2.05) is 13.8 Å². The molecule has 0 bridgehead atoms. The Hall–Kier alpha value is -0.570. The molecule has 0 saturated heterocycles. The predicted molar refractivity (Wildman–Crippen MR) is 71.9 cm³/mol. The Labute approximate surface area is 106 Å². The summed E-state index contributed by atoms with van der Waals surface area (Å²) in [5.74, 6) is 1.81. The molecule has 2 N–H and O–H groups in total. The summed E-state index contributed by atoms with van der Waals surface area (Å²) in [5.41, 5.74) is 0. The minimum atomic E-state index is -0.0597. The van der Waals surface area contributed by atoms with Gasteiger partial charge in [-0.25, -0.2) is 0 Å². The molecule has 1 fully saturated rings. The highest BCUT2D eigenvalue weighted by Gasteiger charge is 2.25. The standard InChI is InChI=1S/C14H28N2O/c1-5-15-14(17)11(4)16-13-8-6-12(7-9-13)10(2)3/h10-13,16H,5-9H2,1-4H3,(H,15,17). The lowest BCUT2D eigenvalue weighted by Gasteiger charge is -2.32. The zero-order valence-corrected chi connectivity index (χ0v) is 11.8. The van der Waals surface area contributed by atoms with Crippen molar-refractivity contribution in [2.24, 2.45) is 11.8 Å². The van der Waals surface area contributed by atoms with Gasteiger partial charge < -0.3 is 10.6 Å². The number of carbonyl (C=O) groups excluding carboxylic acids is 1. The van der Waals surface area contributed by atoms with Crippen LogP contribution in [0.1, 0.15) is 53.4 Å². The SMILES string of the molecule is CCNC(=O)C(C)NC1CCC(C(C)C)CC1. The summed E-state index contributed by atoms with van der Waals surface area (Å²) in [6.07, 6.45) is 5.04. The van der Waals surface area contributed by atoms with Crippen molar-refractivity contribution in [1.82, 2.24) is 10.6 Å². The van der Waals surface area contributed by atoms with Gasteiger partial charge in [0, 0.05) is 12.6 Å². The average Bonchev–Trinajstić information content (AvgIpc) is 2.30. The van der Waals surface area contributed by atoms with E-state index in [1.165, 1.54) is 25.7 Å². The van der Waals surface area contributed by atoms with Gasteiger partial charge in [0.05, 0.1) is 6.04 Å². The molecule has 0 aromatic heterocycles. The fourth-order valence-corrected chi connectivity index (χ4v) is 2.71. The number of hydrogen-bond donors (Lipinski definition) is 2. The first-order valence-corrected chi connectivity index (χ1v) is 7.08. The number of nitrogens with one attached hydrogen (secondary N) is 2. The summed E-state index contributed by atoms with van der Waals surface area (Å²) in [6, 6.07) is 0.471. The Bertz CT molecular complexity index is 232. The Kier molecular flexibility index (Phi) is 5.96. The maximum Gasteiger partial charge on any atom is 0.236 e. The van der Waals surface area contributed by atoms with Crippen molar-refractivity contribution >= 4 is 5.91 Å². The fourth-order valence-electron chi connectivity index (χ4n) is 2.71. The Balaban J connectivity index is 2.28. The maximum absolute atomic E-state index is 11.6. The summed E-state index contributed by atoms with van der Waals surface area (Å²) < 4.78 is 0. The lowest BCUT2D eigenvalue weighted by molar-refractivity contribution is -0.122. The van der Waals surface area contributed by atoms with Crippen molar-refractivity contribution < 1.29 is 4.79 Å². The number of amides is 1. The molecule has 3 heteroatoms. The zero-order valence-electron chi connectivity index (χ0n) is 11.8. The van der Waals surface area contributed by atoms with Crippen molar-refractivity contribution in [2.75, 3.05) is 6.54 Å². The van der Waals surface area contributed by atoms with Gasteiger partial charge in [-0.05, 0) is 51.4 Å². The summed E-state index contributed by atoms with van der Waals surface area (Å²) in [7, 11) is 0. The summed E-state index contributed by atoms with van der Waals surface area (Å²) in [5, 5.41) is 6.31. The Morgan fingerprint density at radius 1 is 1.18 bits per heavy atom. The highest BCUT2D eigenvalue weighted by atomic mass is 16.2. The van der Waals surface area contributed by atoms with Gasteiger partial charge in [0.25, 0.3) is 0 Å². The summed E-state index contributed by atoms with van der Waals surface area (Å²) >= 11 is 0. The van der Waals surface area contributed by atoms with Gasteiger partial charge in [0.2, 0.25) is 5.91 Å². The van der Waals surface area contributed by atoms with E-state index in [4.69, 9.17) is 0 Å². The smallest absolute Gasteiger partial charge is 0.236 e. The second-order valence-corrected chi connectivity index (χ2v) is 5.64. The second kappa shape index (κ2) is 7.00. The van der Waals surface area contributed by atoms with Gasteiger partial charge in [-0.2, -0.15) is 0 Å². The normalized spacial score (nSPS) is 26.9. The van der Waals surface area contributed by atoms with E-state index < -0.39 is 0 Å². The molecule has 0 radical (unpaired) electrons. The molecular formula is C14H28N2O. The van der Waals surface area contributed by atoms with Crippen LogP contribution in [0.4, 0.5) is 0 Å². The van der Waals surface area contributed by atoms with Crippen LogP contribution in [0.15, 0.2) is 0 Å². The molecule has 17 heavy (non-hydrogen) atoms. The van der Waals surface area contributed by atoms with E-state index >= 15 is 0 Å². The van der Waals surface area contributed by atoms with Crippen LogP contribution in [-0.4, -0.2) is 24.5 Å². The van der Waals surface area contributed by atoms with Gasteiger partial charge in [-0.1, -0.05) is 13.8 Å². The van der Waals surface area contributed by atoms with Crippen molar-refractivity contribution in [3.63, 3.8) is 0 Å². The molecule has 0 spiro atoms.